The van der Waals surface area contributed by atoms with Crippen molar-refractivity contribution in [2.24, 2.45) is 0 Å². The van der Waals surface area contributed by atoms with Crippen LogP contribution in [0.1, 0.15) is 23.1 Å². The number of rotatable bonds is 4. The molecule has 1 atom stereocenters. The molecule has 0 radical (unpaired) electrons. The maximum Gasteiger partial charge on any atom is 0.124 e. The van der Waals surface area contributed by atoms with E-state index in [0.717, 1.165) is 50.5 Å². The molecule has 1 aromatic heterocycles. The highest BCUT2D eigenvalue weighted by Crippen LogP contribution is 2.42. The molecule has 1 aliphatic carbocycles. The molecule has 0 fully saturated rings. The number of hydrogen-bond donors (Lipinski definition) is 1. The predicted octanol–water partition coefficient (Wildman–Crippen LogP) is 7.77. The SMILES string of the molecule is CN(C)C1(c2ccc(-c3nc4ccccc4s3)cc2)C=CC(c2ccc(N)cc2)=C(C#Cc2ccccc2)C1. The minimum Gasteiger partial charge on any atom is -0.399 e. The van der Waals surface area contributed by atoms with Crippen molar-refractivity contribution in [3.63, 3.8) is 0 Å². The lowest BCUT2D eigenvalue weighted by Gasteiger charge is -2.40. The van der Waals surface area contributed by atoms with E-state index in [4.69, 9.17) is 10.7 Å². The molecule has 39 heavy (non-hydrogen) atoms. The van der Waals surface area contributed by atoms with Crippen molar-refractivity contribution in [1.29, 1.82) is 0 Å². The van der Waals surface area contributed by atoms with Crippen LogP contribution in [0.3, 0.4) is 0 Å². The van der Waals surface area contributed by atoms with E-state index < -0.39 is 0 Å². The van der Waals surface area contributed by atoms with Crippen molar-refractivity contribution < 1.29 is 0 Å². The van der Waals surface area contributed by atoms with Gasteiger partial charge in [0.05, 0.1) is 15.8 Å². The Morgan fingerprint density at radius 3 is 2.21 bits per heavy atom. The van der Waals surface area contributed by atoms with Crippen LogP contribution in [0.5, 0.6) is 0 Å². The summed E-state index contributed by atoms with van der Waals surface area (Å²) >= 11 is 1.73. The number of nitrogens with two attached hydrogens (primary N) is 1. The molecule has 1 aliphatic rings. The summed E-state index contributed by atoms with van der Waals surface area (Å²) in [6, 6.07) is 35.4. The Labute approximate surface area is 234 Å². The van der Waals surface area contributed by atoms with Gasteiger partial charge in [0.2, 0.25) is 0 Å². The quantitative estimate of drug-likeness (QED) is 0.193. The van der Waals surface area contributed by atoms with Crippen molar-refractivity contribution >= 4 is 32.8 Å². The number of fused-ring (bicyclic) bond motifs is 1. The van der Waals surface area contributed by atoms with E-state index in [2.05, 4.69) is 110 Å². The summed E-state index contributed by atoms with van der Waals surface area (Å²) in [5.41, 5.74) is 14.2. The first-order valence-corrected chi connectivity index (χ1v) is 13.8. The second-order valence-electron chi connectivity index (χ2n) is 10.0. The normalized spacial score (nSPS) is 16.9. The van der Waals surface area contributed by atoms with E-state index in [1.54, 1.807) is 11.3 Å². The van der Waals surface area contributed by atoms with Crippen LogP contribution in [0.15, 0.2) is 121 Å². The van der Waals surface area contributed by atoms with Crippen LogP contribution in [0.4, 0.5) is 5.69 Å². The summed E-state index contributed by atoms with van der Waals surface area (Å²) in [6.45, 7) is 0. The van der Waals surface area contributed by atoms with E-state index in [1.807, 2.05) is 36.4 Å². The van der Waals surface area contributed by atoms with Gasteiger partial charge in [-0.05, 0) is 67.2 Å². The number of nitrogen functional groups attached to an aromatic ring is 1. The molecule has 1 heterocycles. The number of allylic oxidation sites excluding steroid dienone is 2. The Bertz CT molecular complexity index is 1720. The second kappa shape index (κ2) is 10.4. The summed E-state index contributed by atoms with van der Waals surface area (Å²) in [5.74, 6) is 6.95. The molecule has 4 aromatic carbocycles. The van der Waals surface area contributed by atoms with Crippen molar-refractivity contribution in [3.8, 4) is 22.4 Å². The Balaban J connectivity index is 1.40. The topological polar surface area (TPSA) is 42.2 Å². The third-order valence-electron chi connectivity index (χ3n) is 7.37. The molecule has 1 unspecified atom stereocenters. The second-order valence-corrected chi connectivity index (χ2v) is 11.1. The molecule has 190 valence electrons. The minimum atomic E-state index is -0.329. The smallest absolute Gasteiger partial charge is 0.124 e. The van der Waals surface area contributed by atoms with Crippen LogP contribution in [-0.4, -0.2) is 24.0 Å². The molecule has 0 amide bonds. The van der Waals surface area contributed by atoms with Gasteiger partial charge in [-0.1, -0.05) is 90.7 Å². The molecule has 2 N–H and O–H groups in total. The van der Waals surface area contributed by atoms with Crippen LogP contribution < -0.4 is 5.73 Å². The van der Waals surface area contributed by atoms with Gasteiger partial charge in [-0.15, -0.1) is 11.3 Å². The Morgan fingerprint density at radius 2 is 1.49 bits per heavy atom. The minimum absolute atomic E-state index is 0.329. The first-order valence-electron chi connectivity index (χ1n) is 13.0. The average Bonchev–Trinajstić information content (AvgIpc) is 3.41. The molecule has 5 aromatic rings. The van der Waals surface area contributed by atoms with Gasteiger partial charge in [-0.3, -0.25) is 4.90 Å². The highest BCUT2D eigenvalue weighted by molar-refractivity contribution is 7.21. The van der Waals surface area contributed by atoms with Crippen LogP contribution in [-0.2, 0) is 5.54 Å². The monoisotopic (exact) mass is 523 g/mol. The van der Waals surface area contributed by atoms with E-state index in [0.29, 0.717) is 0 Å². The first-order chi connectivity index (χ1) is 19.0. The first kappa shape index (κ1) is 24.9. The van der Waals surface area contributed by atoms with E-state index in [1.165, 1.54) is 10.3 Å². The number of anilines is 1. The van der Waals surface area contributed by atoms with Gasteiger partial charge in [-0.2, -0.15) is 0 Å². The summed E-state index contributed by atoms with van der Waals surface area (Å²) in [4.78, 5) is 7.14. The summed E-state index contributed by atoms with van der Waals surface area (Å²) in [6.07, 6.45) is 5.31. The molecule has 0 aliphatic heterocycles. The number of hydrogen-bond acceptors (Lipinski definition) is 4. The number of thiazole rings is 1. The van der Waals surface area contributed by atoms with Gasteiger partial charge in [-0.25, -0.2) is 4.98 Å². The molecule has 4 heteroatoms. The maximum atomic E-state index is 5.99. The zero-order chi connectivity index (χ0) is 26.8. The number of benzene rings is 4. The van der Waals surface area contributed by atoms with Crippen LogP contribution in [0.2, 0.25) is 0 Å². The fraction of sp³-hybridized carbons (Fsp3) is 0.114. The molecule has 6 rings (SSSR count). The molecule has 0 bridgehead atoms. The lowest BCUT2D eigenvalue weighted by molar-refractivity contribution is 0.208. The van der Waals surface area contributed by atoms with Gasteiger partial charge in [0.1, 0.15) is 5.01 Å². The largest absolute Gasteiger partial charge is 0.399 e. The lowest BCUT2D eigenvalue weighted by Crippen LogP contribution is -2.41. The number of nitrogens with zero attached hydrogens (tertiary/aromatic N) is 2. The standard InChI is InChI=1S/C35H29N3S/c1-38(2)35(29-18-14-27(15-19-29)34-37-32-10-6-7-11-33(32)39-34)23-22-31(26-16-20-30(36)21-17-26)28(24-35)13-12-25-8-4-3-5-9-25/h3-11,14-23H,24,36H2,1-2H3. The van der Waals surface area contributed by atoms with Crippen molar-refractivity contribution in [2.45, 2.75) is 12.0 Å². The van der Waals surface area contributed by atoms with Gasteiger partial charge < -0.3 is 5.73 Å². The Hall–Kier alpha value is -4.43. The molecule has 3 nitrogen and oxygen atoms in total. The average molecular weight is 524 g/mol. The number of likely N-dealkylation sites (N-methyl/N-ethyl adjacent to an activating group) is 1. The van der Waals surface area contributed by atoms with Crippen molar-refractivity contribution in [2.75, 3.05) is 19.8 Å². The zero-order valence-corrected chi connectivity index (χ0v) is 22.9. The van der Waals surface area contributed by atoms with Gasteiger partial charge >= 0.3 is 0 Å². The van der Waals surface area contributed by atoms with Gasteiger partial charge in [0.15, 0.2) is 0 Å². The van der Waals surface area contributed by atoms with Crippen molar-refractivity contribution in [1.82, 2.24) is 9.88 Å². The van der Waals surface area contributed by atoms with E-state index >= 15 is 0 Å². The third kappa shape index (κ3) is 4.91. The molecule has 0 saturated heterocycles. The fourth-order valence-corrected chi connectivity index (χ4v) is 6.09. The zero-order valence-electron chi connectivity index (χ0n) is 22.1. The van der Waals surface area contributed by atoms with Crippen molar-refractivity contribution in [3.05, 3.63) is 138 Å². The number of para-hydroxylation sites is 1. The van der Waals surface area contributed by atoms with E-state index in [9.17, 15) is 0 Å². The van der Waals surface area contributed by atoms with Gasteiger partial charge in [0, 0.05) is 28.8 Å². The highest BCUT2D eigenvalue weighted by Gasteiger charge is 2.36. The molecular formula is C35H29N3S. The summed E-state index contributed by atoms with van der Waals surface area (Å²) in [5, 5.41) is 1.04. The highest BCUT2D eigenvalue weighted by atomic mass is 32.1. The fourth-order valence-electron chi connectivity index (χ4n) is 5.12. The van der Waals surface area contributed by atoms with Crippen LogP contribution in [0.25, 0.3) is 26.4 Å². The van der Waals surface area contributed by atoms with E-state index in [-0.39, 0.29) is 5.54 Å². The molecule has 0 saturated carbocycles. The summed E-state index contributed by atoms with van der Waals surface area (Å²) < 4.78 is 1.21. The van der Waals surface area contributed by atoms with Crippen LogP contribution in [0, 0.1) is 11.8 Å². The Morgan fingerprint density at radius 1 is 0.795 bits per heavy atom. The summed E-state index contributed by atoms with van der Waals surface area (Å²) in [7, 11) is 4.28. The van der Waals surface area contributed by atoms with Gasteiger partial charge in [0.25, 0.3) is 0 Å². The van der Waals surface area contributed by atoms with Crippen LogP contribution >= 0.6 is 11.3 Å². The maximum absolute atomic E-state index is 5.99. The lowest BCUT2D eigenvalue weighted by atomic mass is 9.76. The molecule has 0 spiro atoms. The third-order valence-corrected chi connectivity index (χ3v) is 8.46. The predicted molar refractivity (Wildman–Crippen MR) is 165 cm³/mol. The Kier molecular flexibility index (Phi) is 6.62. The molecular weight excluding hydrogens is 494 g/mol. The number of aromatic nitrogens is 1.